The molecule has 3 rings (SSSR count). The first-order chi connectivity index (χ1) is 9.47. The quantitative estimate of drug-likeness (QED) is 0.749. The normalized spacial score (nSPS) is 27.6. The van der Waals surface area contributed by atoms with Crippen LogP contribution < -0.4 is 4.90 Å². The lowest BCUT2D eigenvalue weighted by Gasteiger charge is -2.33. The number of aromatic nitrogens is 2. The van der Waals surface area contributed by atoms with E-state index in [9.17, 15) is 13.2 Å². The summed E-state index contributed by atoms with van der Waals surface area (Å²) in [6.07, 6.45) is 6.62. The molecule has 2 saturated heterocycles. The minimum absolute atomic E-state index is 0.0257. The first-order valence-corrected chi connectivity index (χ1v) is 8.33. The number of nitrogens with zero attached hydrogens (tertiary/aromatic N) is 4. The molecule has 0 unspecified atom stereocenters. The maximum absolute atomic E-state index is 12.5. The number of sulfonamides is 1. The van der Waals surface area contributed by atoms with E-state index in [2.05, 4.69) is 9.97 Å². The van der Waals surface area contributed by atoms with E-state index in [0.717, 1.165) is 6.42 Å². The van der Waals surface area contributed by atoms with E-state index in [4.69, 9.17) is 0 Å². The van der Waals surface area contributed by atoms with Crippen LogP contribution in [0.2, 0.25) is 0 Å². The fourth-order valence-electron chi connectivity index (χ4n) is 2.97. The van der Waals surface area contributed by atoms with Crippen LogP contribution in [0.3, 0.4) is 0 Å². The first-order valence-electron chi connectivity index (χ1n) is 6.48. The lowest BCUT2D eigenvalue weighted by molar-refractivity contribution is -0.124. The third-order valence-corrected chi connectivity index (χ3v) is 5.28. The van der Waals surface area contributed by atoms with Gasteiger partial charge in [0.1, 0.15) is 6.33 Å². The van der Waals surface area contributed by atoms with Gasteiger partial charge in [-0.1, -0.05) is 0 Å². The van der Waals surface area contributed by atoms with Gasteiger partial charge < -0.3 is 4.90 Å². The molecule has 0 aliphatic carbocycles. The highest BCUT2D eigenvalue weighted by atomic mass is 32.2. The van der Waals surface area contributed by atoms with E-state index in [1.807, 2.05) is 0 Å². The molecule has 2 atom stereocenters. The summed E-state index contributed by atoms with van der Waals surface area (Å²) >= 11 is 0. The molecule has 1 amide bonds. The molecule has 0 aromatic carbocycles. The van der Waals surface area contributed by atoms with Crippen LogP contribution in [0.15, 0.2) is 18.7 Å². The Bertz CT molecular complexity index is 619. The second kappa shape index (κ2) is 4.78. The van der Waals surface area contributed by atoms with E-state index in [-0.39, 0.29) is 24.3 Å². The Balaban J connectivity index is 1.82. The second-order valence-corrected chi connectivity index (χ2v) is 7.30. The largest absolute Gasteiger partial charge is 0.309 e. The monoisotopic (exact) mass is 296 g/mol. The van der Waals surface area contributed by atoms with Crippen molar-refractivity contribution in [3.05, 3.63) is 18.7 Å². The van der Waals surface area contributed by atoms with Gasteiger partial charge in [-0.15, -0.1) is 0 Å². The van der Waals surface area contributed by atoms with Gasteiger partial charge in [-0.25, -0.2) is 22.7 Å². The van der Waals surface area contributed by atoms with Crippen LogP contribution in [0.25, 0.3) is 0 Å². The summed E-state index contributed by atoms with van der Waals surface area (Å²) in [5.74, 6) is -0.154. The maximum atomic E-state index is 12.5. The first kappa shape index (κ1) is 13.4. The molecule has 8 heteroatoms. The van der Waals surface area contributed by atoms with Crippen molar-refractivity contribution < 1.29 is 13.2 Å². The summed E-state index contributed by atoms with van der Waals surface area (Å²) in [5.41, 5.74) is 0.675. The van der Waals surface area contributed by atoms with Gasteiger partial charge in [0.05, 0.1) is 30.3 Å². The van der Waals surface area contributed by atoms with E-state index >= 15 is 0 Å². The predicted octanol–water partition coefficient (Wildman–Crippen LogP) is -0.279. The van der Waals surface area contributed by atoms with Crippen molar-refractivity contribution in [2.75, 3.05) is 30.8 Å². The number of rotatable bonds is 2. The summed E-state index contributed by atoms with van der Waals surface area (Å²) in [7, 11) is -3.23. The summed E-state index contributed by atoms with van der Waals surface area (Å²) in [5, 5.41) is 0. The van der Waals surface area contributed by atoms with Crippen LogP contribution in [0.1, 0.15) is 6.42 Å². The Morgan fingerprint density at radius 3 is 2.60 bits per heavy atom. The van der Waals surface area contributed by atoms with Gasteiger partial charge in [0.2, 0.25) is 15.9 Å². The standard InChI is InChI=1S/C12H16N4O3S/c1-20(18,19)15-6-9-2-3-16(12(17)11(9)7-15)10-4-13-8-14-5-10/h4-5,8-9,11H,2-3,6-7H2,1H3/t9-,11+/m1/s1. The van der Waals surface area contributed by atoms with Crippen molar-refractivity contribution in [1.29, 1.82) is 0 Å². The van der Waals surface area contributed by atoms with Gasteiger partial charge in [0.15, 0.2) is 0 Å². The number of carbonyl (C=O) groups is 1. The van der Waals surface area contributed by atoms with Gasteiger partial charge in [0, 0.05) is 19.6 Å². The Labute approximate surface area is 117 Å². The zero-order chi connectivity index (χ0) is 14.3. The Morgan fingerprint density at radius 2 is 1.95 bits per heavy atom. The molecule has 0 N–H and O–H groups in total. The van der Waals surface area contributed by atoms with Crippen LogP contribution in [0.5, 0.6) is 0 Å². The molecule has 20 heavy (non-hydrogen) atoms. The molecule has 0 saturated carbocycles. The van der Waals surface area contributed by atoms with E-state index in [0.29, 0.717) is 18.8 Å². The minimum atomic E-state index is -3.23. The average molecular weight is 296 g/mol. The summed E-state index contributed by atoms with van der Waals surface area (Å²) in [6.45, 7) is 1.33. The van der Waals surface area contributed by atoms with Crippen molar-refractivity contribution in [3.8, 4) is 0 Å². The zero-order valence-electron chi connectivity index (χ0n) is 11.1. The number of hydrogen-bond acceptors (Lipinski definition) is 5. The van der Waals surface area contributed by atoms with Crippen molar-refractivity contribution in [2.45, 2.75) is 6.42 Å². The molecule has 0 bridgehead atoms. The van der Waals surface area contributed by atoms with E-state index in [1.54, 1.807) is 17.3 Å². The van der Waals surface area contributed by atoms with E-state index < -0.39 is 10.0 Å². The van der Waals surface area contributed by atoms with Crippen molar-refractivity contribution in [3.63, 3.8) is 0 Å². The molecule has 7 nitrogen and oxygen atoms in total. The highest BCUT2D eigenvalue weighted by molar-refractivity contribution is 7.88. The van der Waals surface area contributed by atoms with Gasteiger partial charge >= 0.3 is 0 Å². The number of anilines is 1. The topological polar surface area (TPSA) is 83.5 Å². The third-order valence-electron chi connectivity index (χ3n) is 4.04. The molecule has 2 aliphatic heterocycles. The van der Waals surface area contributed by atoms with Gasteiger partial charge in [-0.3, -0.25) is 4.79 Å². The number of carbonyl (C=O) groups excluding carboxylic acids is 1. The maximum Gasteiger partial charge on any atom is 0.231 e. The molecule has 0 radical (unpaired) electrons. The summed E-state index contributed by atoms with van der Waals surface area (Å²) in [4.78, 5) is 22.0. The number of fused-ring (bicyclic) bond motifs is 1. The average Bonchev–Trinajstić information content (AvgIpc) is 2.85. The van der Waals surface area contributed by atoms with Gasteiger partial charge in [-0.2, -0.15) is 0 Å². The van der Waals surface area contributed by atoms with E-state index in [1.165, 1.54) is 16.9 Å². The minimum Gasteiger partial charge on any atom is -0.309 e. The lowest BCUT2D eigenvalue weighted by atomic mass is 9.88. The summed E-state index contributed by atoms with van der Waals surface area (Å²) in [6, 6.07) is 0. The van der Waals surface area contributed by atoms with Crippen LogP contribution in [0, 0.1) is 11.8 Å². The van der Waals surface area contributed by atoms with Crippen molar-refractivity contribution >= 4 is 21.6 Å². The van der Waals surface area contributed by atoms with Crippen molar-refractivity contribution in [2.24, 2.45) is 11.8 Å². The second-order valence-electron chi connectivity index (χ2n) is 5.32. The smallest absolute Gasteiger partial charge is 0.231 e. The molecular weight excluding hydrogens is 280 g/mol. The molecule has 108 valence electrons. The molecular formula is C12H16N4O3S. The summed E-state index contributed by atoms with van der Waals surface area (Å²) < 4.78 is 24.6. The zero-order valence-corrected chi connectivity index (χ0v) is 12.0. The number of amides is 1. The molecule has 1 aromatic rings. The fourth-order valence-corrected chi connectivity index (χ4v) is 3.86. The third kappa shape index (κ3) is 2.29. The van der Waals surface area contributed by atoms with Crippen LogP contribution in [-0.4, -0.2) is 54.5 Å². The molecule has 0 spiro atoms. The predicted molar refractivity (Wildman–Crippen MR) is 72.4 cm³/mol. The Hall–Kier alpha value is -1.54. The highest BCUT2D eigenvalue weighted by Gasteiger charge is 2.45. The number of hydrogen-bond donors (Lipinski definition) is 0. The Kier molecular flexibility index (Phi) is 3.21. The van der Waals surface area contributed by atoms with Crippen LogP contribution >= 0.6 is 0 Å². The highest BCUT2D eigenvalue weighted by Crippen LogP contribution is 2.34. The van der Waals surface area contributed by atoms with Crippen molar-refractivity contribution in [1.82, 2.24) is 14.3 Å². The molecule has 2 aliphatic rings. The van der Waals surface area contributed by atoms with Crippen LogP contribution in [-0.2, 0) is 14.8 Å². The number of piperidine rings is 1. The molecule has 2 fully saturated rings. The fraction of sp³-hybridized carbons (Fsp3) is 0.583. The van der Waals surface area contributed by atoms with Crippen LogP contribution in [0.4, 0.5) is 5.69 Å². The van der Waals surface area contributed by atoms with Gasteiger partial charge in [-0.05, 0) is 12.3 Å². The lowest BCUT2D eigenvalue weighted by Crippen LogP contribution is -2.45. The molecule has 1 aromatic heterocycles. The van der Waals surface area contributed by atoms with Gasteiger partial charge in [0.25, 0.3) is 0 Å². The Morgan fingerprint density at radius 1 is 1.25 bits per heavy atom. The SMILES string of the molecule is CS(=O)(=O)N1C[C@H]2CCN(c3cncnc3)C(=O)[C@H]2C1. The molecule has 3 heterocycles.